The van der Waals surface area contributed by atoms with Gasteiger partial charge in [0.15, 0.2) is 0 Å². The molecule has 2 N–H and O–H groups in total. The minimum absolute atomic E-state index is 0.128. The smallest absolute Gasteiger partial charge is 0.0426 e. The Balaban J connectivity index is 1.99. The molecule has 1 aromatic carbocycles. The van der Waals surface area contributed by atoms with Gasteiger partial charge in [-0.1, -0.05) is 49.4 Å². The third-order valence-corrected chi connectivity index (χ3v) is 4.77. The maximum absolute atomic E-state index is 6.47. The average molecular weight is 274 g/mol. The van der Waals surface area contributed by atoms with Gasteiger partial charge in [-0.15, -0.1) is 0 Å². The minimum Gasteiger partial charge on any atom is -0.323 e. The summed E-state index contributed by atoms with van der Waals surface area (Å²) in [6.07, 6.45) is 8.27. The number of aryl methyl sites for hydroxylation is 2. The van der Waals surface area contributed by atoms with Crippen LogP contribution in [0.5, 0.6) is 0 Å². The van der Waals surface area contributed by atoms with Crippen molar-refractivity contribution in [3.05, 3.63) is 34.9 Å². The molecule has 0 aromatic heterocycles. The number of hydrogen-bond donors (Lipinski definition) is 1. The van der Waals surface area contributed by atoms with Crippen LogP contribution in [0, 0.1) is 13.8 Å². The van der Waals surface area contributed by atoms with Crippen molar-refractivity contribution >= 4 is 0 Å². The summed E-state index contributed by atoms with van der Waals surface area (Å²) in [7, 11) is 2.25. The van der Waals surface area contributed by atoms with Crippen LogP contribution >= 0.6 is 0 Å². The van der Waals surface area contributed by atoms with Crippen LogP contribution in [0.2, 0.25) is 0 Å². The van der Waals surface area contributed by atoms with Crippen LogP contribution in [-0.4, -0.2) is 24.5 Å². The van der Waals surface area contributed by atoms with Gasteiger partial charge in [0, 0.05) is 18.6 Å². The summed E-state index contributed by atoms with van der Waals surface area (Å²) in [5.74, 6) is 0. The molecule has 1 unspecified atom stereocenters. The third kappa shape index (κ3) is 4.07. The van der Waals surface area contributed by atoms with E-state index in [1.54, 1.807) is 0 Å². The van der Waals surface area contributed by atoms with E-state index in [0.717, 1.165) is 12.6 Å². The van der Waals surface area contributed by atoms with Crippen LogP contribution in [0.3, 0.4) is 0 Å². The molecule has 2 rings (SSSR count). The van der Waals surface area contributed by atoms with Crippen molar-refractivity contribution in [2.75, 3.05) is 13.6 Å². The van der Waals surface area contributed by atoms with Gasteiger partial charge in [-0.2, -0.15) is 0 Å². The Morgan fingerprint density at radius 3 is 2.45 bits per heavy atom. The van der Waals surface area contributed by atoms with E-state index in [1.165, 1.54) is 55.2 Å². The molecule has 0 amide bonds. The molecule has 1 aliphatic rings. The fraction of sp³-hybridized carbons (Fsp3) is 0.667. The zero-order valence-electron chi connectivity index (χ0n) is 13.4. The highest BCUT2D eigenvalue weighted by Gasteiger charge is 2.20. The van der Waals surface area contributed by atoms with Gasteiger partial charge in [0.2, 0.25) is 0 Å². The molecule has 0 radical (unpaired) electrons. The summed E-state index contributed by atoms with van der Waals surface area (Å²) in [4.78, 5) is 2.50. The van der Waals surface area contributed by atoms with E-state index in [-0.39, 0.29) is 6.04 Å². The number of nitrogens with two attached hydrogens (primary N) is 1. The van der Waals surface area contributed by atoms with Gasteiger partial charge in [-0.05, 0) is 44.9 Å². The highest BCUT2D eigenvalue weighted by Crippen LogP contribution is 2.24. The van der Waals surface area contributed by atoms with E-state index in [0.29, 0.717) is 0 Å². The molecule has 0 saturated heterocycles. The van der Waals surface area contributed by atoms with Crippen molar-refractivity contribution in [1.82, 2.24) is 4.90 Å². The molecule has 112 valence electrons. The fourth-order valence-electron chi connectivity index (χ4n) is 3.42. The molecule has 1 saturated carbocycles. The topological polar surface area (TPSA) is 29.3 Å². The lowest BCUT2D eigenvalue weighted by Crippen LogP contribution is -2.37. The van der Waals surface area contributed by atoms with Crippen molar-refractivity contribution in [3.8, 4) is 0 Å². The van der Waals surface area contributed by atoms with Gasteiger partial charge in [0.05, 0.1) is 0 Å². The lowest BCUT2D eigenvalue weighted by molar-refractivity contribution is 0.209. The van der Waals surface area contributed by atoms with E-state index in [9.17, 15) is 0 Å². The van der Waals surface area contributed by atoms with Gasteiger partial charge in [0.25, 0.3) is 0 Å². The van der Waals surface area contributed by atoms with E-state index in [1.807, 2.05) is 0 Å². The molecular formula is C18H30N2. The van der Waals surface area contributed by atoms with Crippen LogP contribution in [0.25, 0.3) is 0 Å². The zero-order valence-corrected chi connectivity index (χ0v) is 13.4. The summed E-state index contributed by atoms with van der Waals surface area (Å²) in [5, 5.41) is 0. The van der Waals surface area contributed by atoms with Crippen molar-refractivity contribution in [2.24, 2.45) is 5.73 Å². The molecule has 0 aliphatic heterocycles. The standard InChI is InChI=1S/C18H30N2/c1-14-10-11-15(2)17(12-14)18(19)13-20(3)16-8-6-4-5-7-9-16/h10-12,16,18H,4-9,13,19H2,1-3H3. The maximum Gasteiger partial charge on any atom is 0.0426 e. The van der Waals surface area contributed by atoms with Crippen molar-refractivity contribution in [2.45, 2.75) is 64.5 Å². The second kappa shape index (κ2) is 7.24. The Labute approximate surface area is 124 Å². The molecule has 1 aromatic rings. The number of nitrogens with zero attached hydrogens (tertiary/aromatic N) is 1. The van der Waals surface area contributed by atoms with Crippen molar-refractivity contribution in [1.29, 1.82) is 0 Å². The Morgan fingerprint density at radius 2 is 1.80 bits per heavy atom. The minimum atomic E-state index is 0.128. The number of likely N-dealkylation sites (N-methyl/N-ethyl adjacent to an activating group) is 1. The summed E-state index contributed by atoms with van der Waals surface area (Å²) >= 11 is 0. The van der Waals surface area contributed by atoms with E-state index >= 15 is 0 Å². The van der Waals surface area contributed by atoms with E-state index in [2.05, 4.69) is 44.0 Å². The molecule has 1 fully saturated rings. The Bertz CT molecular complexity index is 419. The van der Waals surface area contributed by atoms with Gasteiger partial charge >= 0.3 is 0 Å². The van der Waals surface area contributed by atoms with E-state index < -0.39 is 0 Å². The quantitative estimate of drug-likeness (QED) is 0.842. The average Bonchev–Trinajstić information content (AvgIpc) is 2.70. The molecule has 0 bridgehead atoms. The first-order chi connectivity index (χ1) is 9.58. The van der Waals surface area contributed by atoms with Crippen LogP contribution in [0.4, 0.5) is 0 Å². The first-order valence-electron chi connectivity index (χ1n) is 8.11. The normalized spacial score (nSPS) is 19.1. The second-order valence-corrected chi connectivity index (χ2v) is 6.55. The van der Waals surface area contributed by atoms with Crippen LogP contribution in [-0.2, 0) is 0 Å². The lowest BCUT2D eigenvalue weighted by atomic mass is 9.98. The van der Waals surface area contributed by atoms with Gasteiger partial charge in [-0.3, -0.25) is 0 Å². The summed E-state index contributed by atoms with van der Waals surface area (Å²) < 4.78 is 0. The second-order valence-electron chi connectivity index (χ2n) is 6.55. The Morgan fingerprint density at radius 1 is 1.15 bits per heavy atom. The predicted octanol–water partition coefficient (Wildman–Crippen LogP) is 3.96. The monoisotopic (exact) mass is 274 g/mol. The van der Waals surface area contributed by atoms with Crippen LogP contribution < -0.4 is 5.73 Å². The largest absolute Gasteiger partial charge is 0.323 e. The van der Waals surface area contributed by atoms with Crippen molar-refractivity contribution < 1.29 is 0 Å². The number of hydrogen-bond acceptors (Lipinski definition) is 2. The van der Waals surface area contributed by atoms with Gasteiger partial charge in [0.1, 0.15) is 0 Å². The fourth-order valence-corrected chi connectivity index (χ4v) is 3.42. The highest BCUT2D eigenvalue weighted by atomic mass is 15.1. The molecule has 1 aliphatic carbocycles. The Hall–Kier alpha value is -0.860. The van der Waals surface area contributed by atoms with E-state index in [4.69, 9.17) is 5.73 Å². The Kier molecular flexibility index (Phi) is 5.62. The molecular weight excluding hydrogens is 244 g/mol. The SMILES string of the molecule is Cc1ccc(C)c(C(N)CN(C)C2CCCCCC2)c1. The maximum atomic E-state index is 6.47. The summed E-state index contributed by atoms with van der Waals surface area (Å²) in [6, 6.07) is 7.47. The van der Waals surface area contributed by atoms with Gasteiger partial charge < -0.3 is 10.6 Å². The molecule has 2 nitrogen and oxygen atoms in total. The van der Waals surface area contributed by atoms with Crippen LogP contribution in [0.15, 0.2) is 18.2 Å². The number of benzene rings is 1. The first kappa shape index (κ1) is 15.5. The molecule has 1 atom stereocenters. The van der Waals surface area contributed by atoms with Crippen LogP contribution in [0.1, 0.15) is 61.3 Å². The molecule has 0 heterocycles. The lowest BCUT2D eigenvalue weighted by Gasteiger charge is -2.30. The number of rotatable bonds is 4. The molecule has 0 spiro atoms. The summed E-state index contributed by atoms with van der Waals surface area (Å²) in [5.41, 5.74) is 10.4. The summed E-state index contributed by atoms with van der Waals surface area (Å²) in [6.45, 7) is 5.28. The van der Waals surface area contributed by atoms with Gasteiger partial charge in [-0.25, -0.2) is 0 Å². The highest BCUT2D eigenvalue weighted by molar-refractivity contribution is 5.33. The third-order valence-electron chi connectivity index (χ3n) is 4.77. The predicted molar refractivity (Wildman–Crippen MR) is 87.0 cm³/mol. The molecule has 2 heteroatoms. The zero-order chi connectivity index (χ0) is 14.5. The van der Waals surface area contributed by atoms with Crippen molar-refractivity contribution in [3.63, 3.8) is 0 Å². The first-order valence-corrected chi connectivity index (χ1v) is 8.11. The molecule has 20 heavy (non-hydrogen) atoms.